The Hall–Kier alpha value is -2.02. The van der Waals surface area contributed by atoms with Gasteiger partial charge < -0.3 is 20.3 Å². The fraction of sp³-hybridized carbons (Fsp3) is 0.294. The topological polar surface area (TPSA) is 66.5 Å². The van der Waals surface area contributed by atoms with Gasteiger partial charge in [-0.25, -0.2) is 9.78 Å². The maximum atomic E-state index is 12.1. The molecule has 132 valence electrons. The molecule has 1 aliphatic heterocycles. The van der Waals surface area contributed by atoms with E-state index in [2.05, 4.69) is 20.5 Å². The van der Waals surface area contributed by atoms with Crippen LogP contribution < -0.4 is 15.5 Å². The third-order valence-corrected chi connectivity index (χ3v) is 4.17. The van der Waals surface area contributed by atoms with Gasteiger partial charge in [0.1, 0.15) is 5.82 Å². The van der Waals surface area contributed by atoms with Crippen molar-refractivity contribution in [1.82, 2.24) is 10.3 Å². The molecule has 2 heterocycles. The Morgan fingerprint density at radius 1 is 1.20 bits per heavy atom. The van der Waals surface area contributed by atoms with Crippen molar-refractivity contribution in [3.63, 3.8) is 0 Å². The predicted octanol–water partition coefficient (Wildman–Crippen LogP) is 3.55. The number of pyridine rings is 1. The summed E-state index contributed by atoms with van der Waals surface area (Å²) in [7, 11) is 0. The number of hydrogen-bond donors (Lipinski definition) is 2. The smallest absolute Gasteiger partial charge is 0.319 e. The van der Waals surface area contributed by atoms with Gasteiger partial charge in [0, 0.05) is 47.1 Å². The molecule has 0 bridgehead atoms. The first-order valence-corrected chi connectivity index (χ1v) is 8.65. The lowest BCUT2D eigenvalue weighted by molar-refractivity contribution is 0.122. The van der Waals surface area contributed by atoms with E-state index < -0.39 is 0 Å². The minimum absolute atomic E-state index is 0.338. The Bertz CT molecular complexity index is 731. The standard InChI is InChI=1S/C17H18Cl2N4O2/c18-13-8-14(19)10-15(9-13)22-17(24)21-11-12-2-1-3-20-16(12)23-4-6-25-7-5-23/h1-3,8-10H,4-7,11H2,(H2,21,22,24). The molecule has 6 nitrogen and oxygen atoms in total. The van der Waals surface area contributed by atoms with E-state index in [4.69, 9.17) is 27.9 Å². The first-order valence-electron chi connectivity index (χ1n) is 7.89. The van der Waals surface area contributed by atoms with Gasteiger partial charge in [0.05, 0.1) is 13.2 Å². The van der Waals surface area contributed by atoms with E-state index in [9.17, 15) is 4.79 Å². The lowest BCUT2D eigenvalue weighted by atomic mass is 10.2. The number of urea groups is 1. The van der Waals surface area contributed by atoms with Crippen LogP contribution in [0, 0.1) is 0 Å². The van der Waals surface area contributed by atoms with Crippen LogP contribution in [0.3, 0.4) is 0 Å². The molecule has 0 aliphatic carbocycles. The minimum atomic E-state index is -0.338. The number of anilines is 2. The Morgan fingerprint density at radius 3 is 2.64 bits per heavy atom. The van der Waals surface area contributed by atoms with Gasteiger partial charge in [-0.1, -0.05) is 29.3 Å². The van der Waals surface area contributed by atoms with Crippen LogP contribution in [0.25, 0.3) is 0 Å². The molecular formula is C17H18Cl2N4O2. The van der Waals surface area contributed by atoms with Crippen LogP contribution in [0.5, 0.6) is 0 Å². The van der Waals surface area contributed by atoms with Gasteiger partial charge in [-0.15, -0.1) is 0 Å². The second-order valence-corrected chi connectivity index (χ2v) is 6.42. The molecule has 25 heavy (non-hydrogen) atoms. The number of carbonyl (C=O) groups excluding carboxylic acids is 1. The third kappa shape index (κ3) is 4.98. The summed E-state index contributed by atoms with van der Waals surface area (Å²) in [6.07, 6.45) is 1.75. The van der Waals surface area contributed by atoms with E-state index in [0.717, 1.165) is 24.5 Å². The summed E-state index contributed by atoms with van der Waals surface area (Å²) in [5.41, 5.74) is 1.48. The van der Waals surface area contributed by atoms with E-state index in [1.54, 1.807) is 24.4 Å². The molecule has 0 unspecified atom stereocenters. The number of aromatic nitrogens is 1. The van der Waals surface area contributed by atoms with E-state index >= 15 is 0 Å². The number of nitrogens with one attached hydrogen (secondary N) is 2. The second kappa shape index (κ2) is 8.38. The summed E-state index contributed by atoms with van der Waals surface area (Å²) < 4.78 is 5.37. The molecule has 0 spiro atoms. The minimum Gasteiger partial charge on any atom is -0.378 e. The highest BCUT2D eigenvalue weighted by molar-refractivity contribution is 6.35. The number of hydrogen-bond acceptors (Lipinski definition) is 4. The van der Waals surface area contributed by atoms with Crippen LogP contribution >= 0.6 is 23.2 Å². The maximum absolute atomic E-state index is 12.1. The lowest BCUT2D eigenvalue weighted by Gasteiger charge is -2.29. The summed E-state index contributed by atoms with van der Waals surface area (Å²) in [6.45, 7) is 3.30. The number of morpholine rings is 1. The summed E-state index contributed by atoms with van der Waals surface area (Å²) in [4.78, 5) is 18.7. The molecule has 1 saturated heterocycles. The quantitative estimate of drug-likeness (QED) is 0.850. The predicted molar refractivity (Wildman–Crippen MR) is 99.6 cm³/mol. The van der Waals surface area contributed by atoms with Gasteiger partial charge in [0.2, 0.25) is 0 Å². The SMILES string of the molecule is O=C(NCc1cccnc1N1CCOCC1)Nc1cc(Cl)cc(Cl)c1. The number of halogens is 2. The molecule has 2 amide bonds. The van der Waals surface area contributed by atoms with Crippen LogP contribution in [0.1, 0.15) is 5.56 Å². The van der Waals surface area contributed by atoms with Gasteiger partial charge in [0.15, 0.2) is 0 Å². The van der Waals surface area contributed by atoms with Crippen molar-refractivity contribution in [3.8, 4) is 0 Å². The zero-order valence-corrected chi connectivity index (χ0v) is 15.0. The van der Waals surface area contributed by atoms with Crippen molar-refractivity contribution in [2.75, 3.05) is 36.5 Å². The second-order valence-electron chi connectivity index (χ2n) is 5.55. The van der Waals surface area contributed by atoms with Crippen molar-refractivity contribution in [3.05, 3.63) is 52.1 Å². The highest BCUT2D eigenvalue weighted by Gasteiger charge is 2.16. The van der Waals surface area contributed by atoms with E-state index in [1.165, 1.54) is 0 Å². The van der Waals surface area contributed by atoms with Crippen LogP contribution in [-0.2, 0) is 11.3 Å². The molecule has 1 aromatic heterocycles. The zero-order chi connectivity index (χ0) is 17.6. The third-order valence-electron chi connectivity index (χ3n) is 3.74. The molecule has 3 rings (SSSR count). The van der Waals surface area contributed by atoms with Crippen LogP contribution in [0.2, 0.25) is 10.0 Å². The lowest BCUT2D eigenvalue weighted by Crippen LogP contribution is -2.38. The van der Waals surface area contributed by atoms with Crippen molar-refractivity contribution in [2.45, 2.75) is 6.54 Å². The van der Waals surface area contributed by atoms with Crippen LogP contribution in [-0.4, -0.2) is 37.3 Å². The van der Waals surface area contributed by atoms with Crippen molar-refractivity contribution >= 4 is 40.7 Å². The molecule has 8 heteroatoms. The van der Waals surface area contributed by atoms with Crippen LogP contribution in [0.15, 0.2) is 36.5 Å². The summed E-state index contributed by atoms with van der Waals surface area (Å²) in [5.74, 6) is 0.872. The number of amides is 2. The fourth-order valence-electron chi connectivity index (χ4n) is 2.60. The number of nitrogens with zero attached hydrogens (tertiary/aromatic N) is 2. The molecular weight excluding hydrogens is 363 g/mol. The Balaban J connectivity index is 1.62. The summed E-state index contributed by atoms with van der Waals surface area (Å²) in [6, 6.07) is 8.35. The highest BCUT2D eigenvalue weighted by atomic mass is 35.5. The summed E-state index contributed by atoms with van der Waals surface area (Å²) >= 11 is 11.9. The first-order chi connectivity index (χ1) is 12.1. The first kappa shape index (κ1) is 17.8. The van der Waals surface area contributed by atoms with E-state index in [0.29, 0.717) is 35.5 Å². The van der Waals surface area contributed by atoms with Gasteiger partial charge in [-0.2, -0.15) is 0 Å². The van der Waals surface area contributed by atoms with Gasteiger partial charge in [-0.05, 0) is 24.3 Å². The number of ether oxygens (including phenoxy) is 1. The largest absolute Gasteiger partial charge is 0.378 e. The maximum Gasteiger partial charge on any atom is 0.319 e. The molecule has 1 aromatic carbocycles. The molecule has 0 radical (unpaired) electrons. The normalized spacial score (nSPS) is 14.2. The fourth-order valence-corrected chi connectivity index (χ4v) is 3.13. The monoisotopic (exact) mass is 380 g/mol. The summed E-state index contributed by atoms with van der Waals surface area (Å²) in [5, 5.41) is 6.48. The van der Waals surface area contributed by atoms with Crippen molar-refractivity contribution in [2.24, 2.45) is 0 Å². The highest BCUT2D eigenvalue weighted by Crippen LogP contribution is 2.22. The van der Waals surface area contributed by atoms with Gasteiger partial charge >= 0.3 is 6.03 Å². The molecule has 1 fully saturated rings. The van der Waals surface area contributed by atoms with E-state index in [-0.39, 0.29) is 6.03 Å². The Morgan fingerprint density at radius 2 is 1.92 bits per heavy atom. The zero-order valence-electron chi connectivity index (χ0n) is 13.5. The average Bonchev–Trinajstić information content (AvgIpc) is 2.60. The molecule has 2 N–H and O–H groups in total. The van der Waals surface area contributed by atoms with Crippen molar-refractivity contribution < 1.29 is 9.53 Å². The van der Waals surface area contributed by atoms with Gasteiger partial charge in [0.25, 0.3) is 0 Å². The number of rotatable bonds is 4. The molecule has 0 atom stereocenters. The van der Waals surface area contributed by atoms with Crippen LogP contribution in [0.4, 0.5) is 16.3 Å². The van der Waals surface area contributed by atoms with Gasteiger partial charge in [-0.3, -0.25) is 0 Å². The van der Waals surface area contributed by atoms with E-state index in [1.807, 2.05) is 12.1 Å². The van der Waals surface area contributed by atoms with Crippen molar-refractivity contribution in [1.29, 1.82) is 0 Å². The molecule has 2 aromatic rings. The molecule has 0 saturated carbocycles. The Labute approximate surface area is 156 Å². The number of benzene rings is 1. The number of carbonyl (C=O) groups is 1. The average molecular weight is 381 g/mol. The Kier molecular flexibility index (Phi) is 5.96. The molecule has 1 aliphatic rings.